The molecule has 1 unspecified atom stereocenters. The molecule has 7 nitrogen and oxygen atoms in total. The second kappa shape index (κ2) is 12.7. The normalized spacial score (nSPS) is 12.0. The Morgan fingerprint density at radius 2 is 1.58 bits per heavy atom. The Kier molecular flexibility index (Phi) is 9.63. The minimum absolute atomic E-state index is 0.0357. The number of benzene rings is 3. The predicted molar refractivity (Wildman–Crippen MR) is 147 cm³/mol. The van der Waals surface area contributed by atoms with E-state index in [0.29, 0.717) is 24.2 Å². The average molecular weight is 540 g/mol. The molecule has 0 saturated heterocycles. The third-order valence-electron chi connectivity index (χ3n) is 6.29. The van der Waals surface area contributed by atoms with Gasteiger partial charge in [0.25, 0.3) is 10.0 Å². The second-order valence-electron chi connectivity index (χ2n) is 9.19. The summed E-state index contributed by atoms with van der Waals surface area (Å²) in [6.45, 7) is 6.72. The van der Waals surface area contributed by atoms with Crippen LogP contribution in [0, 0.1) is 19.7 Å². The summed E-state index contributed by atoms with van der Waals surface area (Å²) in [6.07, 6.45) is 0.704. The van der Waals surface area contributed by atoms with Crippen LogP contribution in [0.25, 0.3) is 0 Å². The molecule has 3 aromatic carbocycles. The number of carbonyl (C=O) groups excluding carboxylic acids is 2. The lowest BCUT2D eigenvalue weighted by atomic mass is 10.1. The highest BCUT2D eigenvalue weighted by Gasteiger charge is 2.33. The van der Waals surface area contributed by atoms with Gasteiger partial charge < -0.3 is 10.2 Å². The van der Waals surface area contributed by atoms with Crippen molar-refractivity contribution in [3.8, 4) is 0 Å². The van der Waals surface area contributed by atoms with Crippen molar-refractivity contribution in [2.75, 3.05) is 17.4 Å². The third-order valence-corrected chi connectivity index (χ3v) is 8.06. The molecule has 202 valence electrons. The zero-order valence-electron chi connectivity index (χ0n) is 22.1. The van der Waals surface area contributed by atoms with Gasteiger partial charge >= 0.3 is 0 Å². The van der Waals surface area contributed by atoms with E-state index in [1.54, 1.807) is 56.3 Å². The van der Waals surface area contributed by atoms with Crippen LogP contribution < -0.4 is 9.62 Å². The summed E-state index contributed by atoms with van der Waals surface area (Å²) in [5, 5.41) is 2.76. The van der Waals surface area contributed by atoms with Gasteiger partial charge in [-0.3, -0.25) is 13.9 Å². The standard InChI is InChI=1S/C29H34FN3O4S/c1-5-18-31-29(35)23(4)32(19-24-11-7-8-12-26(24)30)28(34)20-33(27-13-9-6-10-22(27)3)38(36,37)25-16-14-21(2)15-17-25/h6-17,23H,5,18-20H2,1-4H3,(H,31,35). The topological polar surface area (TPSA) is 86.8 Å². The van der Waals surface area contributed by atoms with E-state index in [0.717, 1.165) is 9.87 Å². The number of sulfonamides is 1. The number of amides is 2. The van der Waals surface area contributed by atoms with Crippen molar-refractivity contribution in [1.29, 1.82) is 0 Å². The molecule has 0 heterocycles. The summed E-state index contributed by atoms with van der Waals surface area (Å²) in [7, 11) is -4.15. The van der Waals surface area contributed by atoms with Crippen LogP contribution in [0.3, 0.4) is 0 Å². The maximum absolute atomic E-state index is 14.6. The fourth-order valence-electron chi connectivity index (χ4n) is 3.98. The Balaban J connectivity index is 2.04. The first kappa shape index (κ1) is 28.8. The van der Waals surface area contributed by atoms with Gasteiger partial charge in [-0.2, -0.15) is 0 Å². The molecule has 0 fully saturated rings. The van der Waals surface area contributed by atoms with Crippen LogP contribution in [0.1, 0.15) is 37.0 Å². The number of hydrogen-bond donors (Lipinski definition) is 1. The summed E-state index contributed by atoms with van der Waals surface area (Å²) in [6, 6.07) is 18.3. The zero-order valence-corrected chi connectivity index (χ0v) is 23.0. The molecular weight excluding hydrogens is 505 g/mol. The molecule has 38 heavy (non-hydrogen) atoms. The highest BCUT2D eigenvalue weighted by atomic mass is 32.2. The number of rotatable bonds is 11. The number of aryl methyl sites for hydroxylation is 2. The molecule has 0 aromatic heterocycles. The molecule has 1 N–H and O–H groups in total. The maximum atomic E-state index is 14.6. The number of carbonyl (C=O) groups is 2. The molecule has 0 aliphatic carbocycles. The number of nitrogens with zero attached hydrogens (tertiary/aromatic N) is 2. The average Bonchev–Trinajstić information content (AvgIpc) is 2.90. The van der Waals surface area contributed by atoms with Gasteiger partial charge in [-0.05, 0) is 57.0 Å². The molecule has 1 atom stereocenters. The highest BCUT2D eigenvalue weighted by Crippen LogP contribution is 2.27. The SMILES string of the molecule is CCCNC(=O)C(C)N(Cc1ccccc1F)C(=O)CN(c1ccccc1C)S(=O)(=O)c1ccc(C)cc1. The lowest BCUT2D eigenvalue weighted by molar-refractivity contribution is -0.139. The molecular formula is C29H34FN3O4S. The number of hydrogen-bond acceptors (Lipinski definition) is 4. The minimum Gasteiger partial charge on any atom is -0.354 e. The lowest BCUT2D eigenvalue weighted by Gasteiger charge is -2.32. The quantitative estimate of drug-likeness (QED) is 0.387. The van der Waals surface area contributed by atoms with Crippen LogP contribution in [0.5, 0.6) is 0 Å². The molecule has 3 aromatic rings. The van der Waals surface area contributed by atoms with Crippen LogP contribution in [0.4, 0.5) is 10.1 Å². The molecule has 0 aliphatic rings. The Morgan fingerprint density at radius 1 is 0.947 bits per heavy atom. The van der Waals surface area contributed by atoms with Gasteiger partial charge in [-0.15, -0.1) is 0 Å². The minimum atomic E-state index is -4.15. The van der Waals surface area contributed by atoms with Gasteiger partial charge in [0.1, 0.15) is 18.4 Å². The molecule has 2 amide bonds. The summed E-state index contributed by atoms with van der Waals surface area (Å²) in [4.78, 5) is 27.9. The van der Waals surface area contributed by atoms with E-state index in [1.165, 1.54) is 35.2 Å². The number of anilines is 1. The van der Waals surface area contributed by atoms with E-state index >= 15 is 0 Å². The highest BCUT2D eigenvalue weighted by molar-refractivity contribution is 7.92. The van der Waals surface area contributed by atoms with Gasteiger partial charge in [0.15, 0.2) is 0 Å². The van der Waals surface area contributed by atoms with Gasteiger partial charge in [-0.1, -0.05) is 61.0 Å². The Morgan fingerprint density at radius 3 is 2.21 bits per heavy atom. The van der Waals surface area contributed by atoms with Crippen LogP contribution in [-0.4, -0.2) is 44.3 Å². The van der Waals surface area contributed by atoms with Crippen LogP contribution in [-0.2, 0) is 26.2 Å². The van der Waals surface area contributed by atoms with E-state index < -0.39 is 40.2 Å². The van der Waals surface area contributed by atoms with Crippen LogP contribution in [0.15, 0.2) is 77.7 Å². The second-order valence-corrected chi connectivity index (χ2v) is 11.1. The largest absolute Gasteiger partial charge is 0.354 e. The fraction of sp³-hybridized carbons (Fsp3) is 0.310. The van der Waals surface area contributed by atoms with Gasteiger partial charge in [-0.25, -0.2) is 12.8 Å². The Labute approximate surface area is 224 Å². The Hall–Kier alpha value is -3.72. The van der Waals surface area contributed by atoms with Crippen molar-refractivity contribution in [2.45, 2.75) is 51.6 Å². The van der Waals surface area contributed by atoms with Crippen molar-refractivity contribution in [1.82, 2.24) is 10.2 Å². The summed E-state index contributed by atoms with van der Waals surface area (Å²) in [5.41, 5.74) is 2.12. The monoisotopic (exact) mass is 539 g/mol. The van der Waals surface area contributed by atoms with E-state index in [1.807, 2.05) is 13.8 Å². The van der Waals surface area contributed by atoms with Gasteiger partial charge in [0.05, 0.1) is 10.6 Å². The zero-order chi connectivity index (χ0) is 27.9. The first-order valence-corrected chi connectivity index (χ1v) is 14.0. The van der Waals surface area contributed by atoms with Crippen molar-refractivity contribution in [3.05, 3.63) is 95.3 Å². The molecule has 0 bridgehead atoms. The van der Waals surface area contributed by atoms with E-state index in [9.17, 15) is 22.4 Å². The van der Waals surface area contributed by atoms with Crippen molar-refractivity contribution in [3.63, 3.8) is 0 Å². The summed E-state index contributed by atoms with van der Waals surface area (Å²) in [5.74, 6) is -1.55. The van der Waals surface area contributed by atoms with Crippen molar-refractivity contribution in [2.24, 2.45) is 0 Å². The van der Waals surface area contributed by atoms with Crippen LogP contribution in [0.2, 0.25) is 0 Å². The summed E-state index contributed by atoms with van der Waals surface area (Å²) >= 11 is 0. The fourth-order valence-corrected chi connectivity index (χ4v) is 5.46. The lowest BCUT2D eigenvalue weighted by Crippen LogP contribution is -2.51. The predicted octanol–water partition coefficient (Wildman–Crippen LogP) is 4.58. The smallest absolute Gasteiger partial charge is 0.264 e. The van der Waals surface area contributed by atoms with Crippen molar-refractivity contribution >= 4 is 27.5 Å². The first-order valence-electron chi connectivity index (χ1n) is 12.5. The number of nitrogens with one attached hydrogen (secondary N) is 1. The first-order chi connectivity index (χ1) is 18.1. The molecule has 0 aliphatic heterocycles. The molecule has 0 radical (unpaired) electrons. The van der Waals surface area contributed by atoms with E-state index in [-0.39, 0.29) is 17.0 Å². The molecule has 3 rings (SSSR count). The number of para-hydroxylation sites is 1. The van der Waals surface area contributed by atoms with E-state index in [2.05, 4.69) is 5.32 Å². The van der Waals surface area contributed by atoms with E-state index in [4.69, 9.17) is 0 Å². The molecule has 0 spiro atoms. The van der Waals surface area contributed by atoms with Crippen LogP contribution >= 0.6 is 0 Å². The molecule has 9 heteroatoms. The van der Waals surface area contributed by atoms with Gasteiger partial charge in [0, 0.05) is 18.7 Å². The maximum Gasteiger partial charge on any atom is 0.264 e. The van der Waals surface area contributed by atoms with Crippen molar-refractivity contribution < 1.29 is 22.4 Å². The van der Waals surface area contributed by atoms with Gasteiger partial charge in [0.2, 0.25) is 11.8 Å². The third kappa shape index (κ3) is 6.77. The molecule has 0 saturated carbocycles. The summed E-state index contributed by atoms with van der Waals surface area (Å²) < 4.78 is 43.3. The Bertz CT molecular complexity index is 1380. The number of halogens is 1.